The molecule has 0 unspecified atom stereocenters. The molecule has 0 bridgehead atoms. The molecule has 0 amide bonds. The lowest BCUT2D eigenvalue weighted by Gasteiger charge is -2.36. The SMILES string of the molecule is OC[C@H]1O[C@@]2(Cc3ccccc3CO2)[C@@H](O)[C@@H]1O. The molecular weight excluding hydrogens is 236 g/mol. The van der Waals surface area contributed by atoms with Crippen LogP contribution in [0.2, 0.25) is 0 Å². The molecule has 4 atom stereocenters. The number of fused-ring (bicyclic) bond motifs is 1. The Hall–Kier alpha value is -0.980. The van der Waals surface area contributed by atoms with Crippen LogP contribution in [0.3, 0.4) is 0 Å². The van der Waals surface area contributed by atoms with Gasteiger partial charge in [0.05, 0.1) is 13.2 Å². The molecule has 1 aromatic rings. The lowest BCUT2D eigenvalue weighted by atomic mass is 9.92. The molecule has 0 radical (unpaired) electrons. The zero-order valence-electron chi connectivity index (χ0n) is 9.82. The third-order valence-electron chi connectivity index (χ3n) is 3.71. The molecule has 0 aromatic heterocycles. The van der Waals surface area contributed by atoms with Crippen LogP contribution in [-0.4, -0.2) is 46.0 Å². The number of hydrogen-bond acceptors (Lipinski definition) is 5. The predicted molar refractivity (Wildman–Crippen MR) is 61.6 cm³/mol. The number of aliphatic hydroxyl groups is 3. The van der Waals surface area contributed by atoms with E-state index in [2.05, 4.69) is 0 Å². The molecule has 3 rings (SSSR count). The summed E-state index contributed by atoms with van der Waals surface area (Å²) < 4.78 is 11.2. The van der Waals surface area contributed by atoms with Crippen molar-refractivity contribution < 1.29 is 24.8 Å². The molecule has 1 fully saturated rings. The van der Waals surface area contributed by atoms with Crippen LogP contribution in [0.5, 0.6) is 0 Å². The van der Waals surface area contributed by atoms with Crippen LogP contribution in [0, 0.1) is 0 Å². The first-order valence-electron chi connectivity index (χ1n) is 6.02. The summed E-state index contributed by atoms with van der Waals surface area (Å²) in [4.78, 5) is 0. The molecule has 2 aliphatic rings. The van der Waals surface area contributed by atoms with E-state index in [1.807, 2.05) is 24.3 Å². The van der Waals surface area contributed by atoms with Crippen LogP contribution in [-0.2, 0) is 22.5 Å². The number of benzene rings is 1. The Kier molecular flexibility index (Phi) is 2.88. The molecule has 1 aromatic carbocycles. The maximum Gasteiger partial charge on any atom is 0.202 e. The van der Waals surface area contributed by atoms with Gasteiger partial charge in [-0.3, -0.25) is 0 Å². The van der Waals surface area contributed by atoms with Gasteiger partial charge in [-0.2, -0.15) is 0 Å². The summed E-state index contributed by atoms with van der Waals surface area (Å²) in [6.07, 6.45) is -2.70. The molecule has 5 nitrogen and oxygen atoms in total. The topological polar surface area (TPSA) is 79.2 Å². The first-order chi connectivity index (χ1) is 8.66. The second-order valence-electron chi connectivity index (χ2n) is 4.82. The summed E-state index contributed by atoms with van der Waals surface area (Å²) in [5.41, 5.74) is 2.09. The molecule has 0 aliphatic carbocycles. The Morgan fingerprint density at radius 1 is 1.22 bits per heavy atom. The second kappa shape index (κ2) is 4.29. The lowest BCUT2D eigenvalue weighted by molar-refractivity contribution is -0.271. The van der Waals surface area contributed by atoms with Crippen molar-refractivity contribution >= 4 is 0 Å². The average Bonchev–Trinajstić information content (AvgIpc) is 2.64. The van der Waals surface area contributed by atoms with E-state index in [1.165, 1.54) is 0 Å². The molecule has 3 N–H and O–H groups in total. The number of ether oxygens (including phenoxy) is 2. The highest BCUT2D eigenvalue weighted by Gasteiger charge is 2.56. The Balaban J connectivity index is 1.91. The highest BCUT2D eigenvalue weighted by molar-refractivity contribution is 5.30. The third kappa shape index (κ3) is 1.67. The van der Waals surface area contributed by atoms with Gasteiger partial charge in [0.1, 0.15) is 18.3 Å². The fraction of sp³-hybridized carbons (Fsp3) is 0.538. The van der Waals surface area contributed by atoms with Crippen molar-refractivity contribution in [2.75, 3.05) is 6.61 Å². The van der Waals surface area contributed by atoms with Crippen LogP contribution >= 0.6 is 0 Å². The Morgan fingerprint density at radius 3 is 2.61 bits per heavy atom. The quantitative estimate of drug-likeness (QED) is 0.632. The molecule has 2 aliphatic heterocycles. The zero-order chi connectivity index (χ0) is 12.8. The standard InChI is InChI=1S/C13H16O5/c14-6-10-11(15)12(16)13(18-10)5-8-3-1-2-4-9(8)7-17-13/h1-4,10-12,14-16H,5-7H2/t10-,11-,12+,13+/m1/s1. The molecule has 98 valence electrons. The monoisotopic (exact) mass is 252 g/mol. The maximum absolute atomic E-state index is 10.1. The average molecular weight is 252 g/mol. The fourth-order valence-electron chi connectivity index (χ4n) is 2.66. The minimum absolute atomic E-state index is 0.331. The minimum atomic E-state index is -1.23. The fourth-order valence-corrected chi connectivity index (χ4v) is 2.66. The summed E-state index contributed by atoms with van der Waals surface area (Å²) in [6, 6.07) is 7.76. The Morgan fingerprint density at radius 2 is 1.94 bits per heavy atom. The van der Waals surface area contributed by atoms with Crippen LogP contribution in [0.4, 0.5) is 0 Å². The van der Waals surface area contributed by atoms with Crippen molar-refractivity contribution in [3.8, 4) is 0 Å². The summed E-state index contributed by atoms with van der Waals surface area (Å²) in [5, 5.41) is 29.0. The van der Waals surface area contributed by atoms with E-state index in [1.54, 1.807) is 0 Å². The minimum Gasteiger partial charge on any atom is -0.394 e. The summed E-state index contributed by atoms with van der Waals surface area (Å²) in [7, 11) is 0. The Labute approximate surface area is 105 Å². The molecule has 2 heterocycles. The highest BCUT2D eigenvalue weighted by atomic mass is 16.7. The van der Waals surface area contributed by atoms with Gasteiger partial charge in [-0.05, 0) is 11.1 Å². The van der Waals surface area contributed by atoms with Gasteiger partial charge in [-0.15, -0.1) is 0 Å². The number of aliphatic hydroxyl groups excluding tert-OH is 3. The van der Waals surface area contributed by atoms with Gasteiger partial charge in [-0.25, -0.2) is 0 Å². The van der Waals surface area contributed by atoms with Crippen molar-refractivity contribution in [1.82, 2.24) is 0 Å². The molecule has 0 saturated carbocycles. The maximum atomic E-state index is 10.1. The van der Waals surface area contributed by atoms with Gasteiger partial charge in [0.2, 0.25) is 5.79 Å². The van der Waals surface area contributed by atoms with E-state index in [0.717, 1.165) is 11.1 Å². The highest BCUT2D eigenvalue weighted by Crippen LogP contribution is 2.39. The normalized spacial score (nSPS) is 38.9. The molecule has 5 heteroatoms. The summed E-state index contributed by atoms with van der Waals surface area (Å²) in [6.45, 7) is -0.0108. The van der Waals surface area contributed by atoms with Gasteiger partial charge in [0.25, 0.3) is 0 Å². The van der Waals surface area contributed by atoms with E-state index < -0.39 is 24.1 Å². The lowest BCUT2D eigenvalue weighted by Crippen LogP contribution is -2.49. The van der Waals surface area contributed by atoms with Crippen molar-refractivity contribution in [2.45, 2.75) is 37.1 Å². The van der Waals surface area contributed by atoms with Crippen molar-refractivity contribution in [2.24, 2.45) is 0 Å². The van der Waals surface area contributed by atoms with Gasteiger partial charge in [0, 0.05) is 6.42 Å². The van der Waals surface area contributed by atoms with Crippen LogP contribution in [0.25, 0.3) is 0 Å². The number of rotatable bonds is 1. The molecule has 1 saturated heterocycles. The summed E-state index contributed by atoms with van der Waals surface area (Å²) in [5.74, 6) is -1.23. The van der Waals surface area contributed by atoms with Crippen molar-refractivity contribution in [3.63, 3.8) is 0 Å². The first kappa shape index (κ1) is 12.1. The van der Waals surface area contributed by atoms with Crippen molar-refractivity contribution in [1.29, 1.82) is 0 Å². The van der Waals surface area contributed by atoms with Crippen LogP contribution < -0.4 is 0 Å². The first-order valence-corrected chi connectivity index (χ1v) is 6.02. The van der Waals surface area contributed by atoms with Crippen LogP contribution in [0.1, 0.15) is 11.1 Å². The zero-order valence-corrected chi connectivity index (χ0v) is 9.82. The molecule has 1 spiro atoms. The van der Waals surface area contributed by atoms with Gasteiger partial charge >= 0.3 is 0 Å². The van der Waals surface area contributed by atoms with Gasteiger partial charge in [0.15, 0.2) is 0 Å². The smallest absolute Gasteiger partial charge is 0.202 e. The predicted octanol–water partition coefficient (Wildman–Crippen LogP) is -0.432. The van der Waals surface area contributed by atoms with E-state index in [-0.39, 0.29) is 6.61 Å². The van der Waals surface area contributed by atoms with E-state index in [4.69, 9.17) is 14.6 Å². The largest absolute Gasteiger partial charge is 0.394 e. The van der Waals surface area contributed by atoms with Gasteiger partial charge < -0.3 is 24.8 Å². The number of hydrogen-bond donors (Lipinski definition) is 3. The van der Waals surface area contributed by atoms with Crippen molar-refractivity contribution in [3.05, 3.63) is 35.4 Å². The third-order valence-corrected chi connectivity index (χ3v) is 3.71. The van der Waals surface area contributed by atoms with E-state index in [0.29, 0.717) is 13.0 Å². The summed E-state index contributed by atoms with van der Waals surface area (Å²) >= 11 is 0. The van der Waals surface area contributed by atoms with E-state index >= 15 is 0 Å². The van der Waals surface area contributed by atoms with Crippen LogP contribution in [0.15, 0.2) is 24.3 Å². The van der Waals surface area contributed by atoms with E-state index in [9.17, 15) is 10.2 Å². The molecule has 18 heavy (non-hydrogen) atoms. The molecular formula is C13H16O5. The second-order valence-corrected chi connectivity index (χ2v) is 4.82. The Bertz CT molecular complexity index is 449. The van der Waals surface area contributed by atoms with Gasteiger partial charge in [-0.1, -0.05) is 24.3 Å².